The molecule has 2 N–H and O–H groups in total. The maximum absolute atomic E-state index is 12.3. The molecule has 2 aromatic carbocycles. The summed E-state index contributed by atoms with van der Waals surface area (Å²) in [5.74, 6) is 0.217. The average Bonchev–Trinajstić information content (AvgIpc) is 2.52. The van der Waals surface area contributed by atoms with Gasteiger partial charge in [0, 0.05) is 0 Å². The van der Waals surface area contributed by atoms with Crippen molar-refractivity contribution in [3.63, 3.8) is 0 Å². The van der Waals surface area contributed by atoms with Crippen LogP contribution < -0.4 is 9.57 Å². The maximum atomic E-state index is 12.3. The number of phenols is 1. The number of nitrogens with zero attached hydrogens (tertiary/aromatic N) is 1. The molecule has 0 fully saturated rings. The average molecular weight is 413 g/mol. The Morgan fingerprint density at radius 1 is 1.25 bits per heavy atom. The summed E-state index contributed by atoms with van der Waals surface area (Å²) in [4.78, 5) is 2.37. The molecule has 128 valence electrons. The van der Waals surface area contributed by atoms with Crippen LogP contribution in [0.4, 0.5) is 0 Å². The van der Waals surface area contributed by atoms with E-state index in [4.69, 9.17) is 4.74 Å². The minimum Gasteiger partial charge on any atom is -0.503 e. The lowest BCUT2D eigenvalue weighted by atomic mass is 10.2. The number of phenolic OH excluding ortho intramolecular Hbond substituents is 1. The summed E-state index contributed by atoms with van der Waals surface area (Å²) in [6.07, 6.45) is 1.33. The Morgan fingerprint density at radius 3 is 2.62 bits per heavy atom. The molecule has 0 spiro atoms. The number of hydrogen-bond acceptors (Lipinski definition) is 5. The van der Waals surface area contributed by atoms with E-state index >= 15 is 0 Å². The number of aryl methyl sites for hydroxylation is 2. The minimum absolute atomic E-state index is 0.0365. The summed E-state index contributed by atoms with van der Waals surface area (Å²) >= 11 is 3.19. The number of benzene rings is 2. The number of nitrogens with one attached hydrogen (secondary N) is 1. The van der Waals surface area contributed by atoms with Crippen LogP contribution in [0, 0.1) is 13.8 Å². The molecule has 0 bridgehead atoms. The van der Waals surface area contributed by atoms with Crippen LogP contribution in [0.25, 0.3) is 0 Å². The Labute approximate surface area is 149 Å². The third-order valence-corrected chi connectivity index (χ3v) is 5.26. The zero-order valence-corrected chi connectivity index (χ0v) is 15.8. The van der Waals surface area contributed by atoms with Crippen LogP contribution in [0.2, 0.25) is 0 Å². The van der Waals surface area contributed by atoms with Crippen molar-refractivity contribution < 1.29 is 18.3 Å². The van der Waals surface area contributed by atoms with Crippen molar-refractivity contribution in [2.75, 3.05) is 7.11 Å². The van der Waals surface area contributed by atoms with Gasteiger partial charge in [0.2, 0.25) is 0 Å². The number of halogens is 1. The number of ether oxygens (including phenoxy) is 1. The van der Waals surface area contributed by atoms with Gasteiger partial charge in [0.1, 0.15) is 0 Å². The third kappa shape index (κ3) is 4.07. The van der Waals surface area contributed by atoms with Gasteiger partial charge in [-0.15, -0.1) is 0 Å². The minimum atomic E-state index is -3.76. The molecule has 0 aliphatic heterocycles. The van der Waals surface area contributed by atoms with Crippen molar-refractivity contribution in [1.82, 2.24) is 4.83 Å². The highest BCUT2D eigenvalue weighted by molar-refractivity contribution is 9.10. The fourth-order valence-electron chi connectivity index (χ4n) is 2.04. The summed E-state index contributed by atoms with van der Waals surface area (Å²) in [5, 5.41) is 13.5. The molecule has 0 unspecified atom stereocenters. The van der Waals surface area contributed by atoms with Gasteiger partial charge in [0.25, 0.3) is 10.0 Å². The van der Waals surface area contributed by atoms with Crippen LogP contribution in [0.5, 0.6) is 11.5 Å². The molecule has 2 aromatic rings. The number of aromatic hydroxyl groups is 1. The van der Waals surface area contributed by atoms with Gasteiger partial charge in [-0.1, -0.05) is 12.1 Å². The Morgan fingerprint density at radius 2 is 1.96 bits per heavy atom. The van der Waals surface area contributed by atoms with Gasteiger partial charge in [0.15, 0.2) is 11.5 Å². The molecule has 0 aromatic heterocycles. The van der Waals surface area contributed by atoms with Gasteiger partial charge < -0.3 is 9.84 Å². The second kappa shape index (κ2) is 7.23. The van der Waals surface area contributed by atoms with E-state index in [1.165, 1.54) is 19.4 Å². The van der Waals surface area contributed by atoms with Crippen LogP contribution >= 0.6 is 15.9 Å². The lowest BCUT2D eigenvalue weighted by molar-refractivity contribution is 0.372. The van der Waals surface area contributed by atoms with Crippen LogP contribution in [0.3, 0.4) is 0 Å². The smallest absolute Gasteiger partial charge is 0.276 e. The van der Waals surface area contributed by atoms with Gasteiger partial charge in [-0.25, -0.2) is 4.83 Å². The van der Waals surface area contributed by atoms with Gasteiger partial charge in [-0.2, -0.15) is 13.5 Å². The zero-order chi connectivity index (χ0) is 17.9. The molecule has 0 aliphatic rings. The normalized spacial score (nSPS) is 11.7. The molecule has 0 atom stereocenters. The molecular formula is C16H17BrN2O4S. The fourth-order valence-corrected chi connectivity index (χ4v) is 3.62. The van der Waals surface area contributed by atoms with E-state index in [-0.39, 0.29) is 16.4 Å². The predicted octanol–water partition coefficient (Wildman–Crippen LogP) is 3.09. The summed E-state index contributed by atoms with van der Waals surface area (Å²) in [6, 6.07) is 8.31. The quantitative estimate of drug-likeness (QED) is 0.583. The molecule has 6 nitrogen and oxygen atoms in total. The number of hydrazone groups is 1. The predicted molar refractivity (Wildman–Crippen MR) is 96.2 cm³/mol. The number of rotatable bonds is 5. The van der Waals surface area contributed by atoms with E-state index in [0.29, 0.717) is 15.6 Å². The second-order valence-corrected chi connectivity index (χ2v) is 7.66. The SMILES string of the molecule is COc1cc(C=NNS(=O)(=O)c2cc(C)ccc2C)cc(Br)c1O. The van der Waals surface area contributed by atoms with Gasteiger partial charge in [0.05, 0.1) is 22.7 Å². The molecule has 0 radical (unpaired) electrons. The Kier molecular flexibility index (Phi) is 5.51. The first-order valence-electron chi connectivity index (χ1n) is 6.93. The molecule has 24 heavy (non-hydrogen) atoms. The molecule has 8 heteroatoms. The molecule has 2 rings (SSSR count). The number of sulfonamides is 1. The van der Waals surface area contributed by atoms with Crippen LogP contribution in [-0.4, -0.2) is 26.8 Å². The topological polar surface area (TPSA) is 88.0 Å². The van der Waals surface area contributed by atoms with E-state index in [1.54, 1.807) is 25.1 Å². The number of hydrogen-bond donors (Lipinski definition) is 2. The third-order valence-electron chi connectivity index (χ3n) is 3.29. The van der Waals surface area contributed by atoms with Crippen molar-refractivity contribution in [3.05, 3.63) is 51.5 Å². The first-order valence-corrected chi connectivity index (χ1v) is 9.21. The maximum Gasteiger partial charge on any atom is 0.276 e. The molecule has 0 heterocycles. The van der Waals surface area contributed by atoms with E-state index in [0.717, 1.165) is 5.56 Å². The van der Waals surface area contributed by atoms with Crippen molar-refractivity contribution in [3.8, 4) is 11.5 Å². The molecule has 0 saturated heterocycles. The van der Waals surface area contributed by atoms with Gasteiger partial charge in [-0.3, -0.25) is 0 Å². The zero-order valence-electron chi connectivity index (χ0n) is 13.4. The highest BCUT2D eigenvalue weighted by Gasteiger charge is 2.16. The summed E-state index contributed by atoms with van der Waals surface area (Å²) in [5.41, 5.74) is 2.04. The second-order valence-electron chi connectivity index (χ2n) is 5.18. The monoisotopic (exact) mass is 412 g/mol. The Hall–Kier alpha value is -2.06. The van der Waals surface area contributed by atoms with E-state index in [2.05, 4.69) is 25.9 Å². The van der Waals surface area contributed by atoms with Crippen molar-refractivity contribution in [1.29, 1.82) is 0 Å². The van der Waals surface area contributed by atoms with Crippen LogP contribution in [0.1, 0.15) is 16.7 Å². The van der Waals surface area contributed by atoms with Crippen molar-refractivity contribution in [2.45, 2.75) is 18.7 Å². The number of methoxy groups -OCH3 is 1. The molecule has 0 amide bonds. The Bertz CT molecular complexity index is 895. The standard InChI is InChI=1S/C16H17BrN2O4S/c1-10-4-5-11(2)15(6-10)24(21,22)19-18-9-12-7-13(17)16(20)14(8-12)23-3/h4-9,19-20H,1-3H3. The first-order chi connectivity index (χ1) is 11.2. The highest BCUT2D eigenvalue weighted by Crippen LogP contribution is 2.34. The lowest BCUT2D eigenvalue weighted by Crippen LogP contribution is -2.19. The van der Waals surface area contributed by atoms with E-state index in [9.17, 15) is 13.5 Å². The van der Waals surface area contributed by atoms with Crippen LogP contribution in [-0.2, 0) is 10.0 Å². The van der Waals surface area contributed by atoms with Crippen LogP contribution in [0.15, 0.2) is 44.8 Å². The lowest BCUT2D eigenvalue weighted by Gasteiger charge is -2.08. The highest BCUT2D eigenvalue weighted by atomic mass is 79.9. The Balaban J connectivity index is 2.25. The summed E-state index contributed by atoms with van der Waals surface area (Å²) in [6.45, 7) is 3.54. The van der Waals surface area contributed by atoms with Crippen molar-refractivity contribution >= 4 is 32.2 Å². The van der Waals surface area contributed by atoms with E-state index in [1.807, 2.05) is 13.0 Å². The fraction of sp³-hybridized carbons (Fsp3) is 0.188. The first kappa shape index (κ1) is 18.3. The summed E-state index contributed by atoms with van der Waals surface area (Å²) in [7, 11) is -2.34. The largest absolute Gasteiger partial charge is 0.503 e. The van der Waals surface area contributed by atoms with Gasteiger partial charge in [-0.05, 0) is 64.7 Å². The van der Waals surface area contributed by atoms with Gasteiger partial charge >= 0.3 is 0 Å². The van der Waals surface area contributed by atoms with E-state index < -0.39 is 10.0 Å². The molecule has 0 aliphatic carbocycles. The summed E-state index contributed by atoms with van der Waals surface area (Å²) < 4.78 is 30.1. The van der Waals surface area contributed by atoms with Crippen molar-refractivity contribution in [2.24, 2.45) is 5.10 Å². The molecule has 0 saturated carbocycles. The molecular weight excluding hydrogens is 396 g/mol.